The average molecular weight is 461 g/mol. The summed E-state index contributed by atoms with van der Waals surface area (Å²) in [6.07, 6.45) is -1.17. The summed E-state index contributed by atoms with van der Waals surface area (Å²) in [5.74, 6) is -1.07. The maximum Gasteiger partial charge on any atom is 0.337 e. The number of aryl methyl sites for hydroxylation is 1. The standard InChI is InChI=1S/C22H19BrClNO3/c1-12(2)11-28-21(22(26)27)19-13(3)25-18-9-6-15(23)10-17(18)20(19)14-4-7-16(24)8-5-14/h4-10,21H,1,11H2,2-3H3,(H,26,27). The molecule has 0 saturated heterocycles. The minimum Gasteiger partial charge on any atom is -0.479 e. The Kier molecular flexibility index (Phi) is 6.18. The highest BCUT2D eigenvalue weighted by Crippen LogP contribution is 2.39. The predicted octanol–water partition coefficient (Wildman–Crippen LogP) is 6.34. The lowest BCUT2D eigenvalue weighted by Crippen LogP contribution is -2.19. The smallest absolute Gasteiger partial charge is 0.337 e. The first-order valence-electron chi connectivity index (χ1n) is 8.62. The van der Waals surface area contributed by atoms with Crippen molar-refractivity contribution in [2.75, 3.05) is 6.61 Å². The van der Waals surface area contributed by atoms with E-state index in [1.165, 1.54) is 0 Å². The molecule has 144 valence electrons. The Balaban J connectivity index is 2.35. The lowest BCUT2D eigenvalue weighted by Gasteiger charge is -2.22. The summed E-state index contributed by atoms with van der Waals surface area (Å²) in [6, 6.07) is 13.1. The van der Waals surface area contributed by atoms with Crippen LogP contribution in [0.2, 0.25) is 5.02 Å². The summed E-state index contributed by atoms with van der Waals surface area (Å²) in [5.41, 5.74) is 4.27. The van der Waals surface area contributed by atoms with Crippen molar-refractivity contribution in [1.82, 2.24) is 4.98 Å². The molecule has 0 aliphatic rings. The molecule has 1 aromatic heterocycles. The first-order valence-corrected chi connectivity index (χ1v) is 9.79. The van der Waals surface area contributed by atoms with E-state index in [9.17, 15) is 9.90 Å². The molecule has 0 amide bonds. The molecular formula is C22H19BrClNO3. The second-order valence-electron chi connectivity index (χ2n) is 6.64. The minimum absolute atomic E-state index is 0.146. The number of carbonyl (C=O) groups is 1. The summed E-state index contributed by atoms with van der Waals surface area (Å²) in [5, 5.41) is 11.3. The second kappa shape index (κ2) is 8.43. The van der Waals surface area contributed by atoms with Gasteiger partial charge in [0.1, 0.15) is 0 Å². The van der Waals surface area contributed by atoms with Crippen LogP contribution in [0.25, 0.3) is 22.0 Å². The molecule has 1 atom stereocenters. The van der Waals surface area contributed by atoms with Gasteiger partial charge in [-0.3, -0.25) is 4.98 Å². The van der Waals surface area contributed by atoms with Crippen LogP contribution in [0, 0.1) is 6.92 Å². The fourth-order valence-electron chi connectivity index (χ4n) is 3.12. The van der Waals surface area contributed by atoms with Crippen LogP contribution in [0.1, 0.15) is 24.3 Å². The normalized spacial score (nSPS) is 12.1. The van der Waals surface area contributed by atoms with Gasteiger partial charge >= 0.3 is 5.97 Å². The van der Waals surface area contributed by atoms with Crippen LogP contribution in [0.5, 0.6) is 0 Å². The van der Waals surface area contributed by atoms with Crippen LogP contribution >= 0.6 is 27.5 Å². The van der Waals surface area contributed by atoms with Crippen molar-refractivity contribution >= 4 is 44.4 Å². The SMILES string of the molecule is C=C(C)COC(C(=O)O)c1c(C)nc2ccc(Br)cc2c1-c1ccc(Cl)cc1. The van der Waals surface area contributed by atoms with E-state index in [1.54, 1.807) is 26.0 Å². The molecule has 0 spiro atoms. The summed E-state index contributed by atoms with van der Waals surface area (Å²) < 4.78 is 6.60. The maximum atomic E-state index is 12.1. The van der Waals surface area contributed by atoms with Crippen molar-refractivity contribution in [1.29, 1.82) is 0 Å². The fourth-order valence-corrected chi connectivity index (χ4v) is 3.61. The number of fused-ring (bicyclic) bond motifs is 1. The highest BCUT2D eigenvalue weighted by atomic mass is 79.9. The molecule has 1 heterocycles. The molecule has 0 fully saturated rings. The van der Waals surface area contributed by atoms with Crippen molar-refractivity contribution in [3.05, 3.63) is 75.4 Å². The Morgan fingerprint density at radius 1 is 1.29 bits per heavy atom. The number of hydrogen-bond acceptors (Lipinski definition) is 3. The third kappa shape index (κ3) is 4.27. The Hall–Kier alpha value is -2.21. The van der Waals surface area contributed by atoms with Gasteiger partial charge in [0.2, 0.25) is 0 Å². The number of aliphatic carboxylic acids is 1. The lowest BCUT2D eigenvalue weighted by molar-refractivity contribution is -0.150. The average Bonchev–Trinajstić information content (AvgIpc) is 2.63. The molecule has 0 radical (unpaired) electrons. The maximum absolute atomic E-state index is 12.1. The number of halogens is 2. The summed E-state index contributed by atoms with van der Waals surface area (Å²) >= 11 is 9.56. The van der Waals surface area contributed by atoms with E-state index in [0.29, 0.717) is 16.3 Å². The molecule has 28 heavy (non-hydrogen) atoms. The van der Waals surface area contributed by atoms with E-state index in [0.717, 1.165) is 32.1 Å². The summed E-state index contributed by atoms with van der Waals surface area (Å²) in [6.45, 7) is 7.54. The van der Waals surface area contributed by atoms with Crippen molar-refractivity contribution in [3.63, 3.8) is 0 Å². The van der Waals surface area contributed by atoms with Gasteiger partial charge in [0, 0.05) is 26.1 Å². The Labute approximate surface area is 176 Å². The molecule has 3 rings (SSSR count). The molecular weight excluding hydrogens is 442 g/mol. The molecule has 6 heteroatoms. The first kappa shape index (κ1) is 20.5. The highest BCUT2D eigenvalue weighted by Gasteiger charge is 2.28. The van der Waals surface area contributed by atoms with Gasteiger partial charge in [0.05, 0.1) is 12.1 Å². The minimum atomic E-state index is -1.17. The quantitative estimate of drug-likeness (QED) is 0.436. The van der Waals surface area contributed by atoms with Crippen LogP contribution < -0.4 is 0 Å². The number of benzene rings is 2. The van der Waals surface area contributed by atoms with E-state index in [1.807, 2.05) is 30.3 Å². The zero-order valence-electron chi connectivity index (χ0n) is 15.5. The fraction of sp³-hybridized carbons (Fsp3) is 0.182. The number of carboxylic acids is 1. The van der Waals surface area contributed by atoms with E-state index < -0.39 is 12.1 Å². The molecule has 0 aliphatic heterocycles. The van der Waals surface area contributed by atoms with E-state index in [4.69, 9.17) is 16.3 Å². The zero-order chi connectivity index (χ0) is 20.4. The van der Waals surface area contributed by atoms with Gasteiger partial charge < -0.3 is 9.84 Å². The Morgan fingerprint density at radius 3 is 2.57 bits per heavy atom. The molecule has 4 nitrogen and oxygen atoms in total. The van der Waals surface area contributed by atoms with E-state index in [-0.39, 0.29) is 6.61 Å². The van der Waals surface area contributed by atoms with Gasteiger partial charge in [-0.2, -0.15) is 0 Å². The first-order chi connectivity index (χ1) is 13.3. The van der Waals surface area contributed by atoms with Gasteiger partial charge in [-0.05, 0) is 55.3 Å². The largest absolute Gasteiger partial charge is 0.479 e. The molecule has 2 aromatic carbocycles. The monoisotopic (exact) mass is 459 g/mol. The summed E-state index contributed by atoms with van der Waals surface area (Å²) in [7, 11) is 0. The number of nitrogens with zero attached hydrogens (tertiary/aromatic N) is 1. The van der Waals surface area contributed by atoms with Crippen LogP contribution in [-0.4, -0.2) is 22.7 Å². The number of aromatic nitrogens is 1. The molecule has 1 N–H and O–H groups in total. The van der Waals surface area contributed by atoms with Crippen LogP contribution in [0.3, 0.4) is 0 Å². The predicted molar refractivity (Wildman–Crippen MR) is 116 cm³/mol. The van der Waals surface area contributed by atoms with E-state index >= 15 is 0 Å². The second-order valence-corrected chi connectivity index (χ2v) is 7.99. The van der Waals surface area contributed by atoms with Gasteiger partial charge in [-0.15, -0.1) is 0 Å². The van der Waals surface area contributed by atoms with Crippen molar-refractivity contribution in [2.24, 2.45) is 0 Å². The molecule has 0 aliphatic carbocycles. The van der Waals surface area contributed by atoms with Gasteiger partial charge in [-0.25, -0.2) is 4.79 Å². The molecule has 0 bridgehead atoms. The Morgan fingerprint density at radius 2 is 1.96 bits per heavy atom. The lowest BCUT2D eigenvalue weighted by atomic mass is 9.91. The molecule has 1 unspecified atom stereocenters. The Bertz CT molecular complexity index is 1060. The van der Waals surface area contributed by atoms with Gasteiger partial charge in [0.25, 0.3) is 0 Å². The van der Waals surface area contributed by atoms with Crippen molar-refractivity contribution in [2.45, 2.75) is 20.0 Å². The molecule has 0 saturated carbocycles. The van der Waals surface area contributed by atoms with Crippen LogP contribution in [0.15, 0.2) is 59.1 Å². The van der Waals surface area contributed by atoms with Crippen molar-refractivity contribution in [3.8, 4) is 11.1 Å². The third-order valence-corrected chi connectivity index (χ3v) is 5.04. The molecule has 3 aromatic rings. The highest BCUT2D eigenvalue weighted by molar-refractivity contribution is 9.10. The van der Waals surface area contributed by atoms with E-state index in [2.05, 4.69) is 27.5 Å². The number of pyridine rings is 1. The zero-order valence-corrected chi connectivity index (χ0v) is 17.8. The van der Waals surface area contributed by atoms with Crippen LogP contribution in [-0.2, 0) is 9.53 Å². The number of hydrogen-bond donors (Lipinski definition) is 1. The summed E-state index contributed by atoms with van der Waals surface area (Å²) in [4.78, 5) is 16.7. The van der Waals surface area contributed by atoms with Crippen molar-refractivity contribution < 1.29 is 14.6 Å². The number of carboxylic acid groups (broad SMARTS) is 1. The van der Waals surface area contributed by atoms with Gasteiger partial charge in [0.15, 0.2) is 6.10 Å². The number of rotatable bonds is 6. The van der Waals surface area contributed by atoms with Gasteiger partial charge in [-0.1, -0.05) is 51.8 Å². The third-order valence-electron chi connectivity index (χ3n) is 4.29. The topological polar surface area (TPSA) is 59.4 Å². The van der Waals surface area contributed by atoms with Crippen LogP contribution in [0.4, 0.5) is 0 Å². The number of ether oxygens (including phenoxy) is 1.